The molecule has 148 valence electrons. The lowest BCUT2D eigenvalue weighted by Crippen LogP contribution is -2.35. The Hall–Kier alpha value is -1.85. The van der Waals surface area contributed by atoms with Crippen LogP contribution < -0.4 is 10.6 Å². The van der Waals surface area contributed by atoms with E-state index in [0.29, 0.717) is 6.54 Å². The average molecular weight is 491 g/mol. The number of hydrogen-bond donors (Lipinski definition) is 2. The fourth-order valence-electron chi connectivity index (χ4n) is 3.07. The molecule has 5 nitrogen and oxygen atoms in total. The minimum absolute atomic E-state index is 0.0693. The van der Waals surface area contributed by atoms with Gasteiger partial charge < -0.3 is 10.6 Å². The number of carbonyl (C=O) groups is 1. The summed E-state index contributed by atoms with van der Waals surface area (Å²) in [7, 11) is 0. The Morgan fingerprint density at radius 1 is 1.32 bits per heavy atom. The van der Waals surface area contributed by atoms with Crippen LogP contribution in [0.4, 0.5) is 19.0 Å². The number of carbonyl (C=O) groups excluding carboxylic acids is 1. The van der Waals surface area contributed by atoms with Crippen molar-refractivity contribution in [3.8, 4) is 0 Å². The van der Waals surface area contributed by atoms with Crippen LogP contribution in [-0.4, -0.2) is 21.9 Å². The lowest BCUT2D eigenvalue weighted by Gasteiger charge is -2.33. The minimum Gasteiger partial charge on any atom is -0.362 e. The van der Waals surface area contributed by atoms with Gasteiger partial charge in [0.2, 0.25) is 0 Å². The standard InChI is InChI=1S/C17H14BrF3N4OS2/c18-13-14(16(26)22-8-9-3-1-5-27-9)24-25-12(17(19,20)21)7-10(23-15(13)25)11-4-2-6-28-11/h1-6,10,12,23H,7-8H2,(H,22,26)/t10-,12-/m0/s1. The first-order valence-electron chi connectivity index (χ1n) is 8.30. The summed E-state index contributed by atoms with van der Waals surface area (Å²) in [6, 6.07) is 5.00. The van der Waals surface area contributed by atoms with E-state index in [0.717, 1.165) is 14.4 Å². The molecular formula is C17H14BrF3N4OS2. The van der Waals surface area contributed by atoms with Gasteiger partial charge in [0.05, 0.1) is 17.1 Å². The summed E-state index contributed by atoms with van der Waals surface area (Å²) in [4.78, 5) is 14.3. The molecule has 0 fully saturated rings. The molecule has 1 aliphatic heterocycles. The van der Waals surface area contributed by atoms with Crippen molar-refractivity contribution in [2.75, 3.05) is 5.32 Å². The van der Waals surface area contributed by atoms with Gasteiger partial charge in [-0.3, -0.25) is 4.79 Å². The van der Waals surface area contributed by atoms with Crippen LogP contribution >= 0.6 is 38.6 Å². The van der Waals surface area contributed by atoms with Gasteiger partial charge in [0.1, 0.15) is 5.82 Å². The van der Waals surface area contributed by atoms with Crippen LogP contribution in [0.2, 0.25) is 0 Å². The molecule has 4 heterocycles. The van der Waals surface area contributed by atoms with Crippen molar-refractivity contribution in [1.29, 1.82) is 0 Å². The molecule has 3 aromatic rings. The maximum absolute atomic E-state index is 13.7. The Morgan fingerprint density at radius 2 is 2.07 bits per heavy atom. The molecule has 0 aromatic carbocycles. The molecule has 4 rings (SSSR count). The van der Waals surface area contributed by atoms with Crippen molar-refractivity contribution in [2.24, 2.45) is 0 Å². The van der Waals surface area contributed by atoms with Gasteiger partial charge in [0.25, 0.3) is 5.91 Å². The van der Waals surface area contributed by atoms with E-state index in [-0.39, 0.29) is 22.4 Å². The first-order valence-corrected chi connectivity index (χ1v) is 10.8. The number of hydrogen-bond acceptors (Lipinski definition) is 5. The lowest BCUT2D eigenvalue weighted by molar-refractivity contribution is -0.173. The van der Waals surface area contributed by atoms with E-state index in [9.17, 15) is 18.0 Å². The highest BCUT2D eigenvalue weighted by atomic mass is 79.9. The van der Waals surface area contributed by atoms with Gasteiger partial charge in [0, 0.05) is 16.2 Å². The smallest absolute Gasteiger partial charge is 0.362 e. The molecule has 0 radical (unpaired) electrons. The molecule has 11 heteroatoms. The van der Waals surface area contributed by atoms with Crippen molar-refractivity contribution in [3.05, 3.63) is 54.9 Å². The number of aromatic nitrogens is 2. The Labute approximate surface area is 174 Å². The molecular weight excluding hydrogens is 477 g/mol. The number of fused-ring (bicyclic) bond motifs is 1. The van der Waals surface area contributed by atoms with Crippen molar-refractivity contribution < 1.29 is 18.0 Å². The third kappa shape index (κ3) is 3.70. The summed E-state index contributed by atoms with van der Waals surface area (Å²) in [5, 5.41) is 13.5. The summed E-state index contributed by atoms with van der Waals surface area (Å²) in [5.41, 5.74) is -0.0693. The zero-order chi connectivity index (χ0) is 19.9. The van der Waals surface area contributed by atoms with E-state index < -0.39 is 24.2 Å². The van der Waals surface area contributed by atoms with E-state index >= 15 is 0 Å². The maximum Gasteiger partial charge on any atom is 0.410 e. The van der Waals surface area contributed by atoms with Crippen LogP contribution in [0, 0.1) is 0 Å². The van der Waals surface area contributed by atoms with Crippen LogP contribution in [0.1, 0.15) is 38.7 Å². The number of halogens is 4. The molecule has 0 saturated heterocycles. The van der Waals surface area contributed by atoms with Crippen LogP contribution in [0.5, 0.6) is 0 Å². The van der Waals surface area contributed by atoms with Crippen LogP contribution in [0.15, 0.2) is 39.5 Å². The van der Waals surface area contributed by atoms with Gasteiger partial charge in [-0.1, -0.05) is 12.1 Å². The van der Waals surface area contributed by atoms with E-state index in [1.807, 2.05) is 22.9 Å². The second-order valence-electron chi connectivity index (χ2n) is 6.22. The quantitative estimate of drug-likeness (QED) is 0.517. The SMILES string of the molecule is O=C(NCc1cccs1)c1nn2c(c1Br)N[C@H](c1cccs1)C[C@H]2C(F)(F)F. The van der Waals surface area contributed by atoms with Crippen molar-refractivity contribution >= 4 is 50.3 Å². The normalized spacial score (nSPS) is 19.1. The number of anilines is 1. The summed E-state index contributed by atoms with van der Waals surface area (Å²) in [6.45, 7) is 0.291. The van der Waals surface area contributed by atoms with Gasteiger partial charge in [-0.05, 0) is 38.8 Å². The van der Waals surface area contributed by atoms with E-state index in [2.05, 4.69) is 31.7 Å². The number of thiophene rings is 2. The highest BCUT2D eigenvalue weighted by molar-refractivity contribution is 9.10. The summed E-state index contributed by atoms with van der Waals surface area (Å²) in [6.07, 6.45) is -4.68. The first kappa shape index (κ1) is 19.5. The van der Waals surface area contributed by atoms with Gasteiger partial charge in [-0.15, -0.1) is 22.7 Å². The third-order valence-electron chi connectivity index (χ3n) is 4.40. The van der Waals surface area contributed by atoms with Gasteiger partial charge >= 0.3 is 6.18 Å². The van der Waals surface area contributed by atoms with Crippen LogP contribution in [-0.2, 0) is 6.54 Å². The number of nitrogens with zero attached hydrogens (tertiary/aromatic N) is 2. The summed E-state index contributed by atoms with van der Waals surface area (Å²) < 4.78 is 42.2. The highest BCUT2D eigenvalue weighted by Crippen LogP contribution is 2.46. The predicted molar refractivity (Wildman–Crippen MR) is 106 cm³/mol. The number of rotatable bonds is 4. The number of alkyl halides is 3. The third-order valence-corrected chi connectivity index (χ3v) is 7.01. The molecule has 3 aromatic heterocycles. The zero-order valence-electron chi connectivity index (χ0n) is 14.2. The summed E-state index contributed by atoms with van der Waals surface area (Å²) >= 11 is 6.14. The van der Waals surface area contributed by atoms with Gasteiger partial charge in [0.15, 0.2) is 11.7 Å². The molecule has 0 saturated carbocycles. The fraction of sp³-hybridized carbons (Fsp3) is 0.294. The number of amides is 1. The molecule has 0 aliphatic carbocycles. The van der Waals surface area contributed by atoms with Crippen molar-refractivity contribution in [1.82, 2.24) is 15.1 Å². The highest BCUT2D eigenvalue weighted by Gasteiger charge is 2.47. The molecule has 1 amide bonds. The minimum atomic E-state index is -4.48. The predicted octanol–water partition coefficient (Wildman–Crippen LogP) is 5.36. The number of nitrogens with one attached hydrogen (secondary N) is 2. The molecule has 1 aliphatic rings. The molecule has 2 atom stereocenters. The van der Waals surface area contributed by atoms with E-state index in [1.54, 1.807) is 12.1 Å². The monoisotopic (exact) mass is 490 g/mol. The second-order valence-corrected chi connectivity index (χ2v) is 9.03. The largest absolute Gasteiger partial charge is 0.410 e. The van der Waals surface area contributed by atoms with E-state index in [1.165, 1.54) is 22.7 Å². The Kier molecular flexibility index (Phi) is 5.23. The first-order chi connectivity index (χ1) is 13.3. The lowest BCUT2D eigenvalue weighted by atomic mass is 10.0. The molecule has 0 unspecified atom stereocenters. The molecule has 0 spiro atoms. The molecule has 2 N–H and O–H groups in total. The maximum atomic E-state index is 13.7. The van der Waals surface area contributed by atoms with E-state index in [4.69, 9.17) is 0 Å². The Morgan fingerprint density at radius 3 is 2.71 bits per heavy atom. The zero-order valence-corrected chi connectivity index (χ0v) is 17.4. The van der Waals surface area contributed by atoms with Crippen molar-refractivity contribution in [3.63, 3.8) is 0 Å². The van der Waals surface area contributed by atoms with Gasteiger partial charge in [-0.2, -0.15) is 18.3 Å². The average Bonchev–Trinajstić information content (AvgIpc) is 3.40. The van der Waals surface area contributed by atoms with Gasteiger partial charge in [-0.25, -0.2) is 4.68 Å². The van der Waals surface area contributed by atoms with Crippen LogP contribution in [0.25, 0.3) is 0 Å². The molecule has 0 bridgehead atoms. The fourth-order valence-corrected chi connectivity index (χ4v) is 5.07. The second kappa shape index (κ2) is 7.53. The van der Waals surface area contributed by atoms with Crippen molar-refractivity contribution in [2.45, 2.75) is 31.2 Å². The Balaban J connectivity index is 1.65. The van der Waals surface area contributed by atoms with Crippen LogP contribution in [0.3, 0.4) is 0 Å². The topological polar surface area (TPSA) is 59.0 Å². The molecule has 28 heavy (non-hydrogen) atoms. The summed E-state index contributed by atoms with van der Waals surface area (Å²) in [5.74, 6) is -0.370. The Bertz CT molecular complexity index is 970.